The third-order valence-corrected chi connectivity index (χ3v) is 3.38. The summed E-state index contributed by atoms with van der Waals surface area (Å²) in [5.74, 6) is -0.503. The van der Waals surface area contributed by atoms with E-state index in [0.717, 1.165) is 18.2 Å². The summed E-state index contributed by atoms with van der Waals surface area (Å²) < 4.78 is 37.9. The SMILES string of the molecule is Nc1cc(C(F)(F)F)ccc1C(N)C(N)NC(=O)c1cccnc1. The topological polar surface area (TPSA) is 120 Å². The van der Waals surface area contributed by atoms with Crippen molar-refractivity contribution >= 4 is 11.6 Å². The number of nitrogen functional groups attached to an aromatic ring is 1. The van der Waals surface area contributed by atoms with E-state index in [1.165, 1.54) is 18.5 Å². The number of carbonyl (C=O) groups excluding carboxylic acids is 1. The van der Waals surface area contributed by atoms with E-state index in [2.05, 4.69) is 10.3 Å². The second kappa shape index (κ2) is 6.85. The third kappa shape index (κ3) is 4.00. The maximum atomic E-state index is 12.6. The molecule has 1 aromatic carbocycles. The van der Waals surface area contributed by atoms with Crippen molar-refractivity contribution in [1.29, 1.82) is 0 Å². The van der Waals surface area contributed by atoms with Crippen LogP contribution in [0, 0.1) is 0 Å². The van der Waals surface area contributed by atoms with Gasteiger partial charge < -0.3 is 22.5 Å². The lowest BCUT2D eigenvalue weighted by Crippen LogP contribution is -2.48. The molecule has 24 heavy (non-hydrogen) atoms. The molecule has 0 aliphatic rings. The summed E-state index contributed by atoms with van der Waals surface area (Å²) in [5, 5.41) is 2.46. The molecule has 0 saturated heterocycles. The monoisotopic (exact) mass is 339 g/mol. The number of nitrogens with zero attached hydrogens (tertiary/aromatic N) is 1. The van der Waals surface area contributed by atoms with E-state index in [1.807, 2.05) is 0 Å². The Labute approximate surface area is 135 Å². The standard InChI is InChI=1S/C15H16F3N5O/c16-15(17,18)9-3-4-10(11(19)6-9)12(20)13(21)23-14(24)8-2-1-5-22-7-8/h1-7,12-13H,19-21H2,(H,23,24). The van der Waals surface area contributed by atoms with Crippen LogP contribution in [0.15, 0.2) is 42.7 Å². The van der Waals surface area contributed by atoms with Crippen molar-refractivity contribution in [2.45, 2.75) is 18.4 Å². The van der Waals surface area contributed by atoms with Gasteiger partial charge in [0.2, 0.25) is 0 Å². The summed E-state index contributed by atoms with van der Waals surface area (Å²) in [6.07, 6.45) is -2.70. The van der Waals surface area contributed by atoms with E-state index < -0.39 is 29.9 Å². The van der Waals surface area contributed by atoms with Crippen molar-refractivity contribution in [1.82, 2.24) is 10.3 Å². The second-order valence-corrected chi connectivity index (χ2v) is 5.11. The zero-order valence-electron chi connectivity index (χ0n) is 12.4. The molecule has 2 unspecified atom stereocenters. The molecule has 6 nitrogen and oxygen atoms in total. The molecule has 7 N–H and O–H groups in total. The minimum Gasteiger partial charge on any atom is -0.398 e. The molecule has 2 atom stereocenters. The molecule has 0 radical (unpaired) electrons. The maximum Gasteiger partial charge on any atom is 0.416 e. The fraction of sp³-hybridized carbons (Fsp3) is 0.200. The predicted molar refractivity (Wildman–Crippen MR) is 82.5 cm³/mol. The number of nitrogens with two attached hydrogens (primary N) is 3. The van der Waals surface area contributed by atoms with Gasteiger partial charge in [0, 0.05) is 18.1 Å². The van der Waals surface area contributed by atoms with Crippen LogP contribution in [0.1, 0.15) is 27.5 Å². The first-order chi connectivity index (χ1) is 11.2. The van der Waals surface area contributed by atoms with Gasteiger partial charge in [-0.2, -0.15) is 13.2 Å². The number of pyridine rings is 1. The zero-order valence-corrected chi connectivity index (χ0v) is 12.4. The summed E-state index contributed by atoms with van der Waals surface area (Å²) in [6, 6.07) is 4.93. The van der Waals surface area contributed by atoms with E-state index >= 15 is 0 Å². The number of anilines is 1. The van der Waals surface area contributed by atoms with Gasteiger partial charge in [0.25, 0.3) is 5.91 Å². The number of nitrogens with one attached hydrogen (secondary N) is 1. The van der Waals surface area contributed by atoms with Gasteiger partial charge in [-0.1, -0.05) is 6.07 Å². The second-order valence-electron chi connectivity index (χ2n) is 5.11. The average molecular weight is 339 g/mol. The highest BCUT2D eigenvalue weighted by Crippen LogP contribution is 2.32. The molecule has 0 saturated carbocycles. The van der Waals surface area contributed by atoms with Crippen molar-refractivity contribution < 1.29 is 18.0 Å². The van der Waals surface area contributed by atoms with Gasteiger partial charge in [-0.25, -0.2) is 0 Å². The van der Waals surface area contributed by atoms with Gasteiger partial charge in [-0.15, -0.1) is 0 Å². The third-order valence-electron chi connectivity index (χ3n) is 3.38. The van der Waals surface area contributed by atoms with Gasteiger partial charge in [-0.3, -0.25) is 9.78 Å². The number of halogens is 3. The van der Waals surface area contributed by atoms with Crippen LogP contribution in [0.4, 0.5) is 18.9 Å². The minimum absolute atomic E-state index is 0.150. The van der Waals surface area contributed by atoms with E-state index in [0.29, 0.717) is 0 Å². The van der Waals surface area contributed by atoms with Crippen LogP contribution in [0.5, 0.6) is 0 Å². The lowest BCUT2D eigenvalue weighted by molar-refractivity contribution is -0.137. The molecular formula is C15H16F3N5O. The van der Waals surface area contributed by atoms with Crippen LogP contribution >= 0.6 is 0 Å². The van der Waals surface area contributed by atoms with Crippen molar-refractivity contribution in [3.05, 3.63) is 59.4 Å². The first-order valence-electron chi connectivity index (χ1n) is 6.89. The molecule has 1 aromatic heterocycles. The molecule has 2 aromatic rings. The zero-order chi connectivity index (χ0) is 17.9. The number of hydrogen-bond acceptors (Lipinski definition) is 5. The maximum absolute atomic E-state index is 12.6. The predicted octanol–water partition coefficient (Wildman–Crippen LogP) is 1.40. The van der Waals surface area contributed by atoms with E-state index in [4.69, 9.17) is 17.2 Å². The van der Waals surface area contributed by atoms with Crippen molar-refractivity contribution in [2.75, 3.05) is 5.73 Å². The Morgan fingerprint density at radius 3 is 2.46 bits per heavy atom. The van der Waals surface area contributed by atoms with Crippen LogP contribution in [-0.2, 0) is 6.18 Å². The number of aromatic nitrogens is 1. The highest BCUT2D eigenvalue weighted by molar-refractivity contribution is 5.94. The summed E-state index contributed by atoms with van der Waals surface area (Å²) >= 11 is 0. The summed E-state index contributed by atoms with van der Waals surface area (Å²) in [5.41, 5.74) is 16.8. The summed E-state index contributed by atoms with van der Waals surface area (Å²) in [7, 11) is 0. The van der Waals surface area contributed by atoms with E-state index in [-0.39, 0.29) is 16.8 Å². The normalized spacial score (nSPS) is 14.0. The van der Waals surface area contributed by atoms with Crippen molar-refractivity contribution in [3.8, 4) is 0 Å². The Morgan fingerprint density at radius 2 is 1.92 bits per heavy atom. The highest BCUT2D eigenvalue weighted by atomic mass is 19.4. The summed E-state index contributed by atoms with van der Waals surface area (Å²) in [4.78, 5) is 15.8. The minimum atomic E-state index is -4.51. The molecule has 128 valence electrons. The molecule has 1 heterocycles. The first kappa shape index (κ1) is 17.7. The fourth-order valence-electron chi connectivity index (χ4n) is 2.07. The molecule has 0 spiro atoms. The molecular weight excluding hydrogens is 323 g/mol. The van der Waals surface area contributed by atoms with Crippen LogP contribution < -0.4 is 22.5 Å². The van der Waals surface area contributed by atoms with Gasteiger partial charge >= 0.3 is 6.18 Å². The van der Waals surface area contributed by atoms with Crippen LogP contribution in [-0.4, -0.2) is 17.1 Å². The number of carbonyl (C=O) groups is 1. The smallest absolute Gasteiger partial charge is 0.398 e. The van der Waals surface area contributed by atoms with Gasteiger partial charge in [0.05, 0.1) is 23.3 Å². The van der Waals surface area contributed by atoms with E-state index in [1.54, 1.807) is 6.07 Å². The molecule has 0 bridgehead atoms. The Hall–Kier alpha value is -2.65. The molecule has 9 heteroatoms. The average Bonchev–Trinajstić information content (AvgIpc) is 2.54. The first-order valence-corrected chi connectivity index (χ1v) is 6.89. The van der Waals surface area contributed by atoms with Gasteiger partial charge in [0.15, 0.2) is 0 Å². The number of alkyl halides is 3. The Morgan fingerprint density at radius 1 is 1.21 bits per heavy atom. The summed E-state index contributed by atoms with van der Waals surface area (Å²) in [6.45, 7) is 0. The molecule has 0 fully saturated rings. The lowest BCUT2D eigenvalue weighted by atomic mass is 10.0. The largest absolute Gasteiger partial charge is 0.416 e. The van der Waals surface area contributed by atoms with Gasteiger partial charge in [0.1, 0.15) is 0 Å². The number of benzene rings is 1. The Balaban J connectivity index is 2.13. The highest BCUT2D eigenvalue weighted by Gasteiger charge is 2.31. The lowest BCUT2D eigenvalue weighted by Gasteiger charge is -2.23. The van der Waals surface area contributed by atoms with Crippen LogP contribution in [0.25, 0.3) is 0 Å². The number of rotatable bonds is 4. The quantitative estimate of drug-likeness (QED) is 0.496. The molecule has 0 aliphatic carbocycles. The molecule has 1 amide bonds. The van der Waals surface area contributed by atoms with Crippen LogP contribution in [0.2, 0.25) is 0 Å². The Bertz CT molecular complexity index is 721. The number of amides is 1. The molecule has 0 aliphatic heterocycles. The van der Waals surface area contributed by atoms with Crippen molar-refractivity contribution in [3.63, 3.8) is 0 Å². The van der Waals surface area contributed by atoms with Crippen molar-refractivity contribution in [2.24, 2.45) is 11.5 Å². The Kier molecular flexibility index (Phi) is 5.05. The van der Waals surface area contributed by atoms with Crippen LogP contribution in [0.3, 0.4) is 0 Å². The molecule has 2 rings (SSSR count). The van der Waals surface area contributed by atoms with E-state index in [9.17, 15) is 18.0 Å². The van der Waals surface area contributed by atoms with Gasteiger partial charge in [-0.05, 0) is 29.8 Å². The fourth-order valence-corrected chi connectivity index (χ4v) is 2.07. The number of hydrogen-bond donors (Lipinski definition) is 4.